The molecule has 0 saturated carbocycles. The van der Waals surface area contributed by atoms with Gasteiger partial charge in [-0.2, -0.15) is 0 Å². The van der Waals surface area contributed by atoms with E-state index in [1.807, 2.05) is 0 Å². The molecule has 0 aliphatic carbocycles. The Labute approximate surface area is 121 Å². The van der Waals surface area contributed by atoms with E-state index in [9.17, 15) is 0 Å². The van der Waals surface area contributed by atoms with Crippen molar-refractivity contribution in [2.75, 3.05) is 13.2 Å². The number of hydrogen-bond donors (Lipinski definition) is 0. The molecule has 0 N–H and O–H groups in total. The molecule has 19 heavy (non-hydrogen) atoms. The largest absolute Gasteiger partial charge is 0.381 e. The minimum Gasteiger partial charge on any atom is -0.381 e. The topological polar surface area (TPSA) is 18.5 Å². The van der Waals surface area contributed by atoms with Crippen LogP contribution in [0, 0.1) is 11.3 Å². The predicted molar refractivity (Wildman–Crippen MR) is 83.6 cm³/mol. The van der Waals surface area contributed by atoms with Crippen LogP contribution in [-0.4, -0.2) is 24.9 Å². The molecule has 2 unspecified atom stereocenters. The van der Waals surface area contributed by atoms with Gasteiger partial charge in [0, 0.05) is 13.2 Å². The van der Waals surface area contributed by atoms with Crippen molar-refractivity contribution in [3.05, 3.63) is 0 Å². The van der Waals surface area contributed by atoms with E-state index in [2.05, 4.69) is 55.4 Å². The first-order valence-corrected chi connectivity index (χ1v) is 7.75. The van der Waals surface area contributed by atoms with Gasteiger partial charge < -0.3 is 9.47 Å². The second-order valence-electron chi connectivity index (χ2n) is 8.10. The Morgan fingerprint density at radius 3 is 1.84 bits per heavy atom. The highest BCUT2D eigenvalue weighted by molar-refractivity contribution is 4.66. The molecule has 0 saturated heterocycles. The van der Waals surface area contributed by atoms with Gasteiger partial charge in [-0.3, -0.25) is 0 Å². The average molecular weight is 272 g/mol. The summed E-state index contributed by atoms with van der Waals surface area (Å²) in [4.78, 5) is 0. The molecule has 0 aliphatic heterocycles. The highest BCUT2D eigenvalue weighted by atomic mass is 16.5. The highest BCUT2D eigenvalue weighted by Crippen LogP contribution is 2.25. The van der Waals surface area contributed by atoms with Crippen molar-refractivity contribution in [3.8, 4) is 0 Å². The fraction of sp³-hybridized carbons (Fsp3) is 1.00. The van der Waals surface area contributed by atoms with Gasteiger partial charge in [0.2, 0.25) is 0 Å². The van der Waals surface area contributed by atoms with Gasteiger partial charge in [-0.1, -0.05) is 27.7 Å². The zero-order valence-corrected chi connectivity index (χ0v) is 14.5. The first-order valence-electron chi connectivity index (χ1n) is 7.75. The summed E-state index contributed by atoms with van der Waals surface area (Å²) in [6.45, 7) is 19.3. The summed E-state index contributed by atoms with van der Waals surface area (Å²) in [5.74, 6) is 0.739. The van der Waals surface area contributed by atoms with Crippen LogP contribution in [0.2, 0.25) is 0 Å². The summed E-state index contributed by atoms with van der Waals surface area (Å²) in [7, 11) is 0. The minimum absolute atomic E-state index is 0.0549. The molecule has 0 radical (unpaired) electrons. The summed E-state index contributed by atoms with van der Waals surface area (Å²) >= 11 is 0. The summed E-state index contributed by atoms with van der Waals surface area (Å²) in [5, 5.41) is 0. The van der Waals surface area contributed by atoms with Crippen molar-refractivity contribution >= 4 is 0 Å². The summed E-state index contributed by atoms with van der Waals surface area (Å²) < 4.78 is 11.6. The van der Waals surface area contributed by atoms with Gasteiger partial charge in [-0.25, -0.2) is 0 Å². The second-order valence-corrected chi connectivity index (χ2v) is 8.10. The Morgan fingerprint density at radius 2 is 1.37 bits per heavy atom. The molecule has 0 aromatic rings. The number of hydrogen-bond acceptors (Lipinski definition) is 2. The molecule has 0 bridgehead atoms. The maximum absolute atomic E-state index is 5.85. The molecule has 0 aliphatic rings. The lowest BCUT2D eigenvalue weighted by Crippen LogP contribution is -2.26. The summed E-state index contributed by atoms with van der Waals surface area (Å²) in [5.41, 5.74) is 0.370. The van der Waals surface area contributed by atoms with Crippen LogP contribution in [0.5, 0.6) is 0 Å². The standard InChI is InChI=1S/C17H36O2/c1-14(13-16(3,4)5)9-11-18-12-10-15(2)19-17(6,7)8/h14-15H,9-13H2,1-8H3. The van der Waals surface area contributed by atoms with Crippen LogP contribution in [-0.2, 0) is 9.47 Å². The van der Waals surface area contributed by atoms with Crippen molar-refractivity contribution in [1.82, 2.24) is 0 Å². The van der Waals surface area contributed by atoms with Gasteiger partial charge in [-0.05, 0) is 58.3 Å². The van der Waals surface area contributed by atoms with Gasteiger partial charge >= 0.3 is 0 Å². The molecule has 2 atom stereocenters. The molecule has 0 spiro atoms. The van der Waals surface area contributed by atoms with Crippen LogP contribution in [0.1, 0.15) is 74.7 Å². The van der Waals surface area contributed by atoms with Gasteiger partial charge in [-0.15, -0.1) is 0 Å². The third-order valence-corrected chi connectivity index (χ3v) is 2.94. The molecular weight excluding hydrogens is 236 g/mol. The Hall–Kier alpha value is -0.0800. The maximum Gasteiger partial charge on any atom is 0.0602 e. The second kappa shape index (κ2) is 8.26. The van der Waals surface area contributed by atoms with Crippen LogP contribution in [0.3, 0.4) is 0 Å². The molecule has 0 rings (SSSR count). The van der Waals surface area contributed by atoms with Crippen molar-refractivity contribution < 1.29 is 9.47 Å². The maximum atomic E-state index is 5.85. The molecule has 0 heterocycles. The lowest BCUT2D eigenvalue weighted by molar-refractivity contribution is -0.0631. The molecule has 0 aromatic carbocycles. The van der Waals surface area contributed by atoms with E-state index in [1.165, 1.54) is 6.42 Å². The van der Waals surface area contributed by atoms with Gasteiger partial charge in [0.1, 0.15) is 0 Å². The van der Waals surface area contributed by atoms with Crippen molar-refractivity contribution in [1.29, 1.82) is 0 Å². The monoisotopic (exact) mass is 272 g/mol. The molecule has 0 amide bonds. The summed E-state index contributed by atoms with van der Waals surface area (Å²) in [6, 6.07) is 0. The Morgan fingerprint density at radius 1 is 0.842 bits per heavy atom. The van der Waals surface area contributed by atoms with Crippen LogP contribution in [0.4, 0.5) is 0 Å². The third kappa shape index (κ3) is 14.1. The first-order chi connectivity index (χ1) is 8.49. The van der Waals surface area contributed by atoms with Crippen LogP contribution in [0.25, 0.3) is 0 Å². The third-order valence-electron chi connectivity index (χ3n) is 2.94. The van der Waals surface area contributed by atoms with Gasteiger partial charge in [0.25, 0.3) is 0 Å². The Kier molecular flexibility index (Phi) is 8.23. The first kappa shape index (κ1) is 18.9. The lowest BCUT2D eigenvalue weighted by Gasteiger charge is -2.25. The Balaban J connectivity index is 3.55. The lowest BCUT2D eigenvalue weighted by atomic mass is 9.84. The Bertz CT molecular complexity index is 198. The van der Waals surface area contributed by atoms with Crippen LogP contribution >= 0.6 is 0 Å². The van der Waals surface area contributed by atoms with Gasteiger partial charge in [0.15, 0.2) is 0 Å². The van der Waals surface area contributed by atoms with Crippen molar-refractivity contribution in [2.45, 2.75) is 86.4 Å². The quantitative estimate of drug-likeness (QED) is 0.575. The van der Waals surface area contributed by atoms with E-state index in [1.54, 1.807) is 0 Å². The van der Waals surface area contributed by atoms with Crippen molar-refractivity contribution in [3.63, 3.8) is 0 Å². The van der Waals surface area contributed by atoms with Crippen molar-refractivity contribution in [2.24, 2.45) is 11.3 Å². The molecule has 0 aromatic heterocycles. The van der Waals surface area contributed by atoms with Gasteiger partial charge in [0.05, 0.1) is 11.7 Å². The van der Waals surface area contributed by atoms with E-state index < -0.39 is 0 Å². The number of rotatable bonds is 8. The number of ether oxygens (including phenoxy) is 2. The van der Waals surface area contributed by atoms with E-state index in [-0.39, 0.29) is 11.7 Å². The van der Waals surface area contributed by atoms with E-state index in [0.717, 1.165) is 32.0 Å². The normalized spacial score (nSPS) is 16.4. The highest BCUT2D eigenvalue weighted by Gasteiger charge is 2.16. The van der Waals surface area contributed by atoms with E-state index in [4.69, 9.17) is 9.47 Å². The van der Waals surface area contributed by atoms with E-state index in [0.29, 0.717) is 5.41 Å². The molecule has 2 nitrogen and oxygen atoms in total. The fourth-order valence-electron chi connectivity index (χ4n) is 2.45. The molecule has 116 valence electrons. The molecular formula is C17H36O2. The molecule has 2 heteroatoms. The molecule has 0 fully saturated rings. The fourth-order valence-corrected chi connectivity index (χ4v) is 2.45. The predicted octanol–water partition coefficient (Wildman–Crippen LogP) is 5.06. The zero-order chi connectivity index (χ0) is 15.1. The zero-order valence-electron chi connectivity index (χ0n) is 14.5. The minimum atomic E-state index is -0.0549. The van der Waals surface area contributed by atoms with Crippen LogP contribution < -0.4 is 0 Å². The SMILES string of the molecule is CC(CCOCCC(C)OC(C)(C)C)CC(C)(C)C. The summed E-state index contributed by atoms with van der Waals surface area (Å²) in [6.07, 6.45) is 3.67. The smallest absolute Gasteiger partial charge is 0.0602 e. The average Bonchev–Trinajstić information content (AvgIpc) is 2.10. The van der Waals surface area contributed by atoms with E-state index >= 15 is 0 Å². The van der Waals surface area contributed by atoms with Crippen LogP contribution in [0.15, 0.2) is 0 Å².